The number of rotatable bonds is 5. The number of nitrogens with one attached hydrogen (secondary N) is 1. The van der Waals surface area contributed by atoms with E-state index in [4.69, 9.17) is 0 Å². The summed E-state index contributed by atoms with van der Waals surface area (Å²) in [7, 11) is 0. The average Bonchev–Trinajstić information content (AvgIpc) is 2.83. The fourth-order valence-electron chi connectivity index (χ4n) is 1.83. The molecule has 0 aliphatic carbocycles. The first kappa shape index (κ1) is 15.4. The van der Waals surface area contributed by atoms with Gasteiger partial charge in [0.15, 0.2) is 0 Å². The van der Waals surface area contributed by atoms with E-state index in [2.05, 4.69) is 29.4 Å². The molecule has 0 atom stereocenters. The second-order valence-electron chi connectivity index (χ2n) is 5.34. The van der Waals surface area contributed by atoms with Crippen LogP contribution in [-0.2, 0) is 11.2 Å². The zero-order chi connectivity index (χ0) is 15.2. The van der Waals surface area contributed by atoms with E-state index in [9.17, 15) is 4.79 Å². The van der Waals surface area contributed by atoms with Gasteiger partial charge in [0.25, 0.3) is 0 Å². The number of hydrogen-bond acceptors (Lipinski definition) is 4. The summed E-state index contributed by atoms with van der Waals surface area (Å²) in [5.41, 5.74) is 2.17. The van der Waals surface area contributed by atoms with Gasteiger partial charge < -0.3 is 0 Å². The summed E-state index contributed by atoms with van der Waals surface area (Å²) in [6.45, 7) is 6.28. The first-order chi connectivity index (χ1) is 10.0. The quantitative estimate of drug-likeness (QED) is 0.857. The van der Waals surface area contributed by atoms with Crippen LogP contribution in [0.1, 0.15) is 30.0 Å². The Kier molecular flexibility index (Phi) is 5.22. The molecule has 1 N–H and O–H groups in total. The molecule has 0 saturated heterocycles. The lowest BCUT2D eigenvalue weighted by Gasteiger charge is -1.98. The maximum Gasteiger partial charge on any atom is 0.250 e. The number of anilines is 1. The highest BCUT2D eigenvalue weighted by Crippen LogP contribution is 2.18. The van der Waals surface area contributed by atoms with Gasteiger partial charge in [-0.3, -0.25) is 10.1 Å². The van der Waals surface area contributed by atoms with E-state index in [1.54, 1.807) is 6.08 Å². The summed E-state index contributed by atoms with van der Waals surface area (Å²) in [6, 6.07) is 7.97. The monoisotopic (exact) mass is 301 g/mol. The highest BCUT2D eigenvalue weighted by Gasteiger charge is 2.07. The zero-order valence-electron chi connectivity index (χ0n) is 12.5. The number of amides is 1. The Morgan fingerprint density at radius 2 is 2.19 bits per heavy atom. The first-order valence-electron chi connectivity index (χ1n) is 6.91. The van der Waals surface area contributed by atoms with Crippen molar-refractivity contribution in [1.82, 2.24) is 10.2 Å². The number of aryl methyl sites for hydroxylation is 1. The summed E-state index contributed by atoms with van der Waals surface area (Å²) in [5.74, 6) is 0.339. The van der Waals surface area contributed by atoms with Crippen molar-refractivity contribution in [2.75, 3.05) is 5.32 Å². The number of hydrogen-bond donors (Lipinski definition) is 1. The number of benzene rings is 1. The van der Waals surface area contributed by atoms with Crippen molar-refractivity contribution in [2.45, 2.75) is 27.2 Å². The Bertz CT molecular complexity index is 646. The molecule has 0 saturated carbocycles. The molecule has 5 heteroatoms. The standard InChI is InChI=1S/C16H19N3OS/c1-11(2)9-15-18-19-16(21-15)17-14(20)8-7-13-6-4-5-12(3)10-13/h4-8,10-11H,9H2,1-3H3,(H,17,19,20)/b8-7+. The lowest BCUT2D eigenvalue weighted by Crippen LogP contribution is -2.07. The summed E-state index contributed by atoms with van der Waals surface area (Å²) in [5, 5.41) is 12.3. The van der Waals surface area contributed by atoms with E-state index in [0.29, 0.717) is 11.0 Å². The van der Waals surface area contributed by atoms with Crippen molar-refractivity contribution in [2.24, 2.45) is 5.92 Å². The van der Waals surface area contributed by atoms with Crippen LogP contribution in [0.4, 0.5) is 5.13 Å². The lowest BCUT2D eigenvalue weighted by molar-refractivity contribution is -0.111. The summed E-state index contributed by atoms with van der Waals surface area (Å²) >= 11 is 1.43. The molecule has 4 nitrogen and oxygen atoms in total. The molecule has 1 heterocycles. The minimum absolute atomic E-state index is 0.191. The van der Waals surface area contributed by atoms with Crippen molar-refractivity contribution in [3.63, 3.8) is 0 Å². The summed E-state index contributed by atoms with van der Waals surface area (Å²) in [4.78, 5) is 11.8. The topological polar surface area (TPSA) is 54.9 Å². The summed E-state index contributed by atoms with van der Waals surface area (Å²) < 4.78 is 0. The molecule has 0 bridgehead atoms. The molecular formula is C16H19N3OS. The molecule has 110 valence electrons. The van der Waals surface area contributed by atoms with Crippen LogP contribution in [0.25, 0.3) is 6.08 Å². The van der Waals surface area contributed by atoms with Gasteiger partial charge >= 0.3 is 0 Å². The smallest absolute Gasteiger partial charge is 0.250 e. The van der Waals surface area contributed by atoms with Crippen molar-refractivity contribution >= 4 is 28.5 Å². The minimum atomic E-state index is -0.191. The highest BCUT2D eigenvalue weighted by molar-refractivity contribution is 7.15. The van der Waals surface area contributed by atoms with E-state index in [1.807, 2.05) is 31.2 Å². The van der Waals surface area contributed by atoms with Gasteiger partial charge in [0.2, 0.25) is 11.0 Å². The molecule has 0 spiro atoms. The fraction of sp³-hybridized carbons (Fsp3) is 0.312. The molecule has 0 fully saturated rings. The van der Waals surface area contributed by atoms with Crippen molar-refractivity contribution in [3.8, 4) is 0 Å². The Morgan fingerprint density at radius 1 is 1.38 bits per heavy atom. The molecular weight excluding hydrogens is 282 g/mol. The number of aromatic nitrogens is 2. The van der Waals surface area contributed by atoms with Crippen LogP contribution in [0, 0.1) is 12.8 Å². The number of carbonyl (C=O) groups excluding carboxylic acids is 1. The molecule has 21 heavy (non-hydrogen) atoms. The van der Waals surface area contributed by atoms with Gasteiger partial charge in [-0.2, -0.15) is 0 Å². The molecule has 0 aliphatic rings. The predicted molar refractivity (Wildman–Crippen MR) is 87.3 cm³/mol. The van der Waals surface area contributed by atoms with Crippen molar-refractivity contribution in [1.29, 1.82) is 0 Å². The van der Waals surface area contributed by atoms with Crippen LogP contribution in [-0.4, -0.2) is 16.1 Å². The molecule has 1 aromatic heterocycles. The molecule has 0 radical (unpaired) electrons. The van der Waals surface area contributed by atoms with E-state index < -0.39 is 0 Å². The number of carbonyl (C=O) groups is 1. The molecule has 2 rings (SSSR count). The van der Waals surface area contributed by atoms with E-state index in [-0.39, 0.29) is 5.91 Å². The molecule has 1 aromatic carbocycles. The third kappa shape index (κ3) is 5.11. The zero-order valence-corrected chi connectivity index (χ0v) is 13.3. The van der Waals surface area contributed by atoms with Crippen LogP contribution < -0.4 is 5.32 Å². The average molecular weight is 301 g/mol. The van der Waals surface area contributed by atoms with Gasteiger partial charge in [-0.1, -0.05) is 55.0 Å². The van der Waals surface area contributed by atoms with Gasteiger partial charge in [-0.25, -0.2) is 0 Å². The normalized spacial score (nSPS) is 11.2. The van der Waals surface area contributed by atoms with Crippen molar-refractivity contribution < 1.29 is 4.79 Å². The van der Waals surface area contributed by atoms with Gasteiger partial charge in [0.1, 0.15) is 5.01 Å². The third-order valence-electron chi connectivity index (χ3n) is 2.75. The number of nitrogens with zero attached hydrogens (tertiary/aromatic N) is 2. The minimum Gasteiger partial charge on any atom is -0.297 e. The first-order valence-corrected chi connectivity index (χ1v) is 7.72. The SMILES string of the molecule is Cc1cccc(/C=C/C(=O)Nc2nnc(CC(C)C)s2)c1. The second-order valence-corrected chi connectivity index (χ2v) is 6.40. The van der Waals surface area contributed by atoms with E-state index >= 15 is 0 Å². The Labute approximate surface area is 128 Å². The van der Waals surface area contributed by atoms with Gasteiger partial charge in [0, 0.05) is 12.5 Å². The molecule has 2 aromatic rings. The maximum absolute atomic E-state index is 11.8. The van der Waals surface area contributed by atoms with Crippen molar-refractivity contribution in [3.05, 3.63) is 46.5 Å². The van der Waals surface area contributed by atoms with E-state index in [0.717, 1.165) is 17.0 Å². The molecule has 1 amide bonds. The molecule has 0 unspecified atom stereocenters. The van der Waals surface area contributed by atoms with Crippen LogP contribution in [0.3, 0.4) is 0 Å². The Balaban J connectivity index is 1.94. The van der Waals surface area contributed by atoms with E-state index in [1.165, 1.54) is 23.0 Å². The highest BCUT2D eigenvalue weighted by atomic mass is 32.1. The third-order valence-corrected chi connectivity index (χ3v) is 3.61. The lowest BCUT2D eigenvalue weighted by atomic mass is 10.1. The van der Waals surface area contributed by atoms with Gasteiger partial charge in [-0.05, 0) is 24.5 Å². The largest absolute Gasteiger partial charge is 0.297 e. The second kappa shape index (κ2) is 7.13. The van der Waals surface area contributed by atoms with Crippen LogP contribution in [0.2, 0.25) is 0 Å². The van der Waals surface area contributed by atoms with Crippen LogP contribution >= 0.6 is 11.3 Å². The van der Waals surface area contributed by atoms with Gasteiger partial charge in [-0.15, -0.1) is 10.2 Å². The summed E-state index contributed by atoms with van der Waals surface area (Å²) in [6.07, 6.45) is 4.18. The Morgan fingerprint density at radius 3 is 2.90 bits per heavy atom. The fourth-order valence-corrected chi connectivity index (χ4v) is 2.78. The van der Waals surface area contributed by atoms with Crippen LogP contribution in [0.5, 0.6) is 0 Å². The predicted octanol–water partition coefficient (Wildman–Crippen LogP) is 3.70. The Hall–Kier alpha value is -2.01. The maximum atomic E-state index is 11.8. The van der Waals surface area contributed by atoms with Crippen LogP contribution in [0.15, 0.2) is 30.3 Å². The van der Waals surface area contributed by atoms with Gasteiger partial charge in [0.05, 0.1) is 0 Å². The molecule has 0 aliphatic heterocycles.